The second kappa shape index (κ2) is 16.3. The quantitative estimate of drug-likeness (QED) is 0.104. The number of aliphatic hydroxyl groups is 1. The van der Waals surface area contributed by atoms with E-state index in [-0.39, 0.29) is 47.3 Å². The molecule has 308 valence electrons. The fraction of sp³-hybridized carbons (Fsp3) is 0.621. The molecule has 3 fully saturated rings. The van der Waals surface area contributed by atoms with Gasteiger partial charge in [-0.3, -0.25) is 23.1 Å². The molecule has 3 aromatic heterocycles. The van der Waals surface area contributed by atoms with Crippen molar-refractivity contribution in [3.05, 3.63) is 35.4 Å². The minimum absolute atomic E-state index is 0.0500. The van der Waals surface area contributed by atoms with Crippen molar-refractivity contribution in [1.82, 2.24) is 34.0 Å². The van der Waals surface area contributed by atoms with Crippen molar-refractivity contribution < 1.29 is 66.5 Å². The zero-order chi connectivity index (χ0) is 40.7. The fourth-order valence-electron chi connectivity index (χ4n) is 6.32. The number of hydrogen-bond donors (Lipinski definition) is 6. The molecular weight excluding hydrogens is 808 g/mol. The number of nitrogen functional groups attached to an aromatic ring is 2. The van der Waals surface area contributed by atoms with Gasteiger partial charge >= 0.3 is 33.2 Å². The Morgan fingerprint density at radius 2 is 1.82 bits per heavy atom. The Morgan fingerprint density at radius 3 is 2.52 bits per heavy atom. The van der Waals surface area contributed by atoms with E-state index >= 15 is 0 Å². The Hall–Kier alpha value is -3.74. The number of nitrogens with zero attached hydrogens (tertiary/aromatic N) is 7. The first-order valence-corrected chi connectivity index (χ1v) is 21.3. The van der Waals surface area contributed by atoms with Gasteiger partial charge in [0, 0.05) is 24.8 Å². The summed E-state index contributed by atoms with van der Waals surface area (Å²) in [6.07, 6.45) is -5.78. The maximum absolute atomic E-state index is 13.8. The molecule has 0 aromatic carbocycles. The van der Waals surface area contributed by atoms with Crippen LogP contribution in [0.5, 0.6) is 0 Å². The number of aliphatic hydroxyl groups excluding tert-OH is 1. The van der Waals surface area contributed by atoms with Crippen LogP contribution in [0.25, 0.3) is 11.2 Å². The van der Waals surface area contributed by atoms with Crippen LogP contribution in [0, 0.1) is 0 Å². The molecule has 3 aliphatic rings. The van der Waals surface area contributed by atoms with Gasteiger partial charge in [0.05, 0.1) is 37.2 Å². The average Bonchev–Trinajstić information content (AvgIpc) is 3.90. The predicted octanol–water partition coefficient (Wildman–Crippen LogP) is 0.0852. The number of carbonyl (C=O) groups excluding carboxylic acids is 2. The summed E-state index contributed by atoms with van der Waals surface area (Å²) in [4.78, 5) is 86.0. The molecule has 0 saturated carbocycles. The van der Waals surface area contributed by atoms with Gasteiger partial charge in [0.1, 0.15) is 47.7 Å². The van der Waals surface area contributed by atoms with Crippen molar-refractivity contribution in [1.29, 1.82) is 0 Å². The zero-order valence-corrected chi connectivity index (χ0v) is 32.6. The second-order valence-electron chi connectivity index (χ2n) is 14.0. The summed E-state index contributed by atoms with van der Waals surface area (Å²) in [7, 11) is -9.85. The Kier molecular flexibility index (Phi) is 12.2. The molecule has 0 radical (unpaired) electrons. The molecule has 1 amide bonds. The lowest BCUT2D eigenvalue weighted by Crippen LogP contribution is -2.47. The van der Waals surface area contributed by atoms with Crippen molar-refractivity contribution in [3.63, 3.8) is 0 Å². The van der Waals surface area contributed by atoms with E-state index in [0.29, 0.717) is 0 Å². The largest absolute Gasteiger partial charge is 0.469 e. The third-order valence-electron chi connectivity index (χ3n) is 8.88. The molecule has 3 aliphatic heterocycles. The van der Waals surface area contributed by atoms with Gasteiger partial charge in [-0.2, -0.15) is 4.98 Å². The van der Waals surface area contributed by atoms with Gasteiger partial charge in [-0.05, 0) is 26.8 Å². The Bertz CT molecular complexity index is 2100. The molecular formula is C29H41N9O15P2S. The number of phosphoric ester groups is 1. The van der Waals surface area contributed by atoms with Crippen LogP contribution < -0.4 is 17.2 Å². The minimum Gasteiger partial charge on any atom is -0.455 e. The molecule has 56 heavy (non-hydrogen) atoms. The molecule has 0 spiro atoms. The number of aromatic nitrogens is 6. The molecule has 27 heteroatoms. The van der Waals surface area contributed by atoms with Crippen molar-refractivity contribution in [2.24, 2.45) is 0 Å². The van der Waals surface area contributed by atoms with Gasteiger partial charge in [-0.25, -0.2) is 33.9 Å². The number of rotatable bonds is 12. The van der Waals surface area contributed by atoms with E-state index in [9.17, 15) is 43.3 Å². The normalized spacial score (nSPS) is 28.1. The highest BCUT2D eigenvalue weighted by Crippen LogP contribution is 2.56. The number of hydrogen-bond acceptors (Lipinski definition) is 19. The lowest BCUT2D eigenvalue weighted by atomic mass is 10.1. The summed E-state index contributed by atoms with van der Waals surface area (Å²) in [5.41, 5.74) is 8.72. The Morgan fingerprint density at radius 1 is 1.07 bits per heavy atom. The highest BCUT2D eigenvalue weighted by atomic mass is 32.2. The van der Waals surface area contributed by atoms with E-state index in [4.69, 9.17) is 34.9 Å². The smallest absolute Gasteiger partial charge is 0.455 e. The van der Waals surface area contributed by atoms with Crippen LogP contribution in [0.4, 0.5) is 16.4 Å². The van der Waals surface area contributed by atoms with E-state index in [0.717, 1.165) is 4.57 Å². The zero-order valence-electron chi connectivity index (χ0n) is 30.0. The number of fused-ring (bicyclic) bond motifs is 1. The molecule has 0 aliphatic carbocycles. The van der Waals surface area contributed by atoms with Gasteiger partial charge in [-0.15, -0.1) is 11.8 Å². The first-order valence-electron chi connectivity index (χ1n) is 16.9. The number of nitrogens with two attached hydrogens (primary N) is 2. The number of imidazole rings is 1. The molecule has 3 saturated heterocycles. The maximum Gasteiger partial charge on any atom is 0.469 e. The molecule has 9 atom stereocenters. The summed E-state index contributed by atoms with van der Waals surface area (Å²) >= 11 is 1.29. The van der Waals surface area contributed by atoms with E-state index in [1.807, 2.05) is 0 Å². The monoisotopic (exact) mass is 849 g/mol. The number of phosphoric acid groups is 1. The van der Waals surface area contributed by atoms with Gasteiger partial charge in [0.25, 0.3) is 0 Å². The Labute approximate surface area is 321 Å². The molecule has 8 N–H and O–H groups in total. The summed E-state index contributed by atoms with van der Waals surface area (Å²) < 4.78 is 60.9. The van der Waals surface area contributed by atoms with Gasteiger partial charge in [0.2, 0.25) is 0 Å². The van der Waals surface area contributed by atoms with E-state index in [1.165, 1.54) is 46.1 Å². The lowest BCUT2D eigenvalue weighted by Gasteiger charge is -2.28. The molecule has 24 nitrogen and oxygen atoms in total. The van der Waals surface area contributed by atoms with E-state index in [1.54, 1.807) is 20.8 Å². The van der Waals surface area contributed by atoms with E-state index < -0.39 is 101 Å². The maximum atomic E-state index is 13.8. The number of anilines is 2. The molecule has 3 aromatic rings. The van der Waals surface area contributed by atoms with Crippen molar-refractivity contribution in [2.75, 3.05) is 36.3 Å². The number of carbonyl (C=O) groups is 2. The van der Waals surface area contributed by atoms with E-state index in [2.05, 4.69) is 24.5 Å². The third kappa shape index (κ3) is 9.34. The van der Waals surface area contributed by atoms with Crippen molar-refractivity contribution in [2.45, 2.75) is 87.8 Å². The average molecular weight is 850 g/mol. The van der Waals surface area contributed by atoms with Crippen LogP contribution in [0.3, 0.4) is 0 Å². The lowest BCUT2D eigenvalue weighted by molar-refractivity contribution is -0.160. The predicted molar refractivity (Wildman–Crippen MR) is 192 cm³/mol. The summed E-state index contributed by atoms with van der Waals surface area (Å²) in [5.74, 6) is -0.602. The van der Waals surface area contributed by atoms with Crippen molar-refractivity contribution >= 4 is 62.0 Å². The summed E-state index contributed by atoms with van der Waals surface area (Å²) in [5, 5.41) is 11.6. The minimum atomic E-state index is -5.06. The first kappa shape index (κ1) is 41.9. The third-order valence-corrected chi connectivity index (χ3v) is 12.3. The molecule has 1 unspecified atom stereocenters. The van der Waals surface area contributed by atoms with Gasteiger partial charge < -0.3 is 54.7 Å². The fourth-order valence-corrected chi connectivity index (χ4v) is 9.37. The standard InChI is InChI=1S/C29H41N9O15P2S/c1-29(2,3)53-28(42)38-13-56-10-14(38)26(40)52-22-15(51-25(21(22)39)37-12-34-20-23(31)32-11-33-24(20)37)5-7-48-54(43,44)17-8-19(36-6-4-18(30)35-27(36)41)50-16(17)9-49-55(45,46)47/h4,6,11-12,14-17,19,21-22,25,39H,5,7-10,13H2,1-3H3,(H,43,44)(H2,30,35,41)(H2,31,32,33)(H2,45,46,47)/t14-,15+,16+,17-,19+,21+,22+,25+/m0/s1. The molecule has 6 heterocycles. The van der Waals surface area contributed by atoms with Crippen LogP contribution in [0.2, 0.25) is 0 Å². The highest BCUT2D eigenvalue weighted by Gasteiger charge is 2.51. The molecule has 6 rings (SSSR count). The highest BCUT2D eigenvalue weighted by molar-refractivity contribution is 7.99. The van der Waals surface area contributed by atoms with Crippen LogP contribution in [-0.2, 0) is 41.9 Å². The molecule has 0 bridgehead atoms. The number of amides is 1. The van der Waals surface area contributed by atoms with Crippen LogP contribution >= 0.6 is 27.2 Å². The van der Waals surface area contributed by atoms with Crippen LogP contribution in [0.15, 0.2) is 29.7 Å². The first-order chi connectivity index (χ1) is 26.2. The van der Waals surface area contributed by atoms with Crippen LogP contribution in [-0.4, -0.2) is 132 Å². The SMILES string of the molecule is CC(C)(C)OC(=O)N1CSC[C@H]1C(=O)O[C@H]1[C@@H](O)[C@H](n2cnc3c(N)ncnc32)O[C@@H]1CCOP(=O)(O)[C@H]1C[C@H](n2ccc(N)nc2=O)O[C@@H]1COP(=O)(O)O. The Balaban J connectivity index is 1.21. The summed E-state index contributed by atoms with van der Waals surface area (Å²) in [6.45, 7) is 3.64. The second-order valence-corrected chi connectivity index (χ2v) is 18.2. The van der Waals surface area contributed by atoms with Gasteiger partial charge in [0.15, 0.2) is 23.8 Å². The summed E-state index contributed by atoms with van der Waals surface area (Å²) in [6, 6.07) is 0.208. The number of esters is 1. The van der Waals surface area contributed by atoms with Crippen molar-refractivity contribution in [3.8, 4) is 0 Å². The van der Waals surface area contributed by atoms with Gasteiger partial charge in [-0.1, -0.05) is 0 Å². The van der Waals surface area contributed by atoms with Crippen LogP contribution in [0.1, 0.15) is 46.1 Å². The topological polar surface area (TPSA) is 338 Å². The number of ether oxygens (including phenoxy) is 4. The number of thioether (sulfide) groups is 1.